The van der Waals surface area contributed by atoms with Crippen molar-refractivity contribution in [3.8, 4) is 5.75 Å². The van der Waals surface area contributed by atoms with Crippen LogP contribution in [0.5, 0.6) is 5.75 Å². The fourth-order valence-electron chi connectivity index (χ4n) is 3.21. The molecule has 0 spiro atoms. The van der Waals surface area contributed by atoms with E-state index in [-0.39, 0.29) is 18.0 Å². The normalized spacial score (nSPS) is 20.6. The van der Waals surface area contributed by atoms with Crippen LogP contribution in [0.1, 0.15) is 10.4 Å². The van der Waals surface area contributed by atoms with Gasteiger partial charge in [-0.3, -0.25) is 4.79 Å². The Kier molecular flexibility index (Phi) is 3.10. The van der Waals surface area contributed by atoms with Gasteiger partial charge in [-0.15, -0.1) is 0 Å². The van der Waals surface area contributed by atoms with Gasteiger partial charge in [-0.05, 0) is 12.1 Å². The molecule has 0 radical (unpaired) electrons. The highest BCUT2D eigenvalue weighted by Gasteiger charge is 2.38. The summed E-state index contributed by atoms with van der Waals surface area (Å²) in [5.41, 5.74) is 1.90. The van der Waals surface area contributed by atoms with Crippen molar-refractivity contribution < 1.29 is 19.1 Å². The number of benzene rings is 1. The van der Waals surface area contributed by atoms with Gasteiger partial charge >= 0.3 is 6.09 Å². The minimum absolute atomic E-state index is 0.107. The molecule has 1 unspecified atom stereocenters. The molecule has 1 atom stereocenters. The number of piperazine rings is 1. The van der Waals surface area contributed by atoms with Gasteiger partial charge in [0, 0.05) is 19.6 Å². The average molecular weight is 316 g/mol. The first-order chi connectivity index (χ1) is 11.2. The van der Waals surface area contributed by atoms with E-state index in [1.54, 1.807) is 22.2 Å². The zero-order valence-electron chi connectivity index (χ0n) is 12.6. The first kappa shape index (κ1) is 13.9. The quantitative estimate of drug-likeness (QED) is 0.778. The van der Waals surface area contributed by atoms with E-state index in [2.05, 4.69) is 9.97 Å². The fourth-order valence-corrected chi connectivity index (χ4v) is 3.21. The van der Waals surface area contributed by atoms with Crippen LogP contribution in [-0.2, 0) is 4.74 Å². The first-order valence-corrected chi connectivity index (χ1v) is 7.42. The second kappa shape index (κ2) is 5.15. The Morgan fingerprint density at radius 3 is 3.13 bits per heavy atom. The number of fused-ring (bicyclic) bond motifs is 4. The number of nitrogens with one attached hydrogen (secondary N) is 1. The maximum absolute atomic E-state index is 13.0. The molecular formula is C15H16N4O4. The van der Waals surface area contributed by atoms with Crippen molar-refractivity contribution in [1.29, 1.82) is 0 Å². The summed E-state index contributed by atoms with van der Waals surface area (Å²) in [5, 5.41) is 0. The highest BCUT2D eigenvalue weighted by Crippen LogP contribution is 2.31. The number of H-pyrrole nitrogens is 1. The van der Waals surface area contributed by atoms with E-state index in [0.29, 0.717) is 43.1 Å². The Balaban J connectivity index is 1.70. The van der Waals surface area contributed by atoms with Gasteiger partial charge in [0.1, 0.15) is 23.4 Å². The summed E-state index contributed by atoms with van der Waals surface area (Å²) in [4.78, 5) is 35.3. The fraction of sp³-hybridized carbons (Fsp3) is 0.400. The minimum Gasteiger partial charge on any atom is -0.490 e. The molecule has 2 amide bonds. The van der Waals surface area contributed by atoms with Crippen LogP contribution in [0, 0.1) is 0 Å². The number of aromatic amines is 1. The van der Waals surface area contributed by atoms with E-state index < -0.39 is 0 Å². The lowest BCUT2D eigenvalue weighted by atomic mass is 10.1. The molecule has 0 bridgehead atoms. The number of rotatable bonds is 0. The molecule has 4 rings (SSSR count). The van der Waals surface area contributed by atoms with Gasteiger partial charge < -0.3 is 24.3 Å². The zero-order chi connectivity index (χ0) is 16.0. The largest absolute Gasteiger partial charge is 0.490 e. The van der Waals surface area contributed by atoms with Crippen molar-refractivity contribution >= 4 is 23.0 Å². The Labute approximate surface area is 132 Å². The summed E-state index contributed by atoms with van der Waals surface area (Å²) < 4.78 is 10.6. The maximum atomic E-state index is 13.0. The number of methoxy groups -OCH3 is 1. The lowest BCUT2D eigenvalue weighted by molar-refractivity contribution is 0.0359. The van der Waals surface area contributed by atoms with E-state index in [1.165, 1.54) is 7.11 Å². The molecular weight excluding hydrogens is 300 g/mol. The van der Waals surface area contributed by atoms with Gasteiger partial charge in [0.05, 0.1) is 25.0 Å². The molecule has 2 aliphatic heterocycles. The smallest absolute Gasteiger partial charge is 0.409 e. The van der Waals surface area contributed by atoms with Crippen LogP contribution in [0.4, 0.5) is 4.79 Å². The number of carbonyl (C=O) groups is 2. The number of amides is 2. The standard InChI is InChI=1S/C15H16N4O4/c1-22-15(21)18-4-5-19-9(6-18)7-23-11-3-2-10-13(17-8-16-10)12(11)14(19)20/h2-3,8-9H,4-7H2,1H3,(H,16,17). The van der Waals surface area contributed by atoms with Gasteiger partial charge in [0.2, 0.25) is 0 Å². The summed E-state index contributed by atoms with van der Waals surface area (Å²) in [6.07, 6.45) is 1.18. The lowest BCUT2D eigenvalue weighted by Crippen LogP contribution is -2.57. The highest BCUT2D eigenvalue weighted by atomic mass is 16.5. The van der Waals surface area contributed by atoms with Gasteiger partial charge in [-0.25, -0.2) is 9.78 Å². The molecule has 3 heterocycles. The number of hydrogen-bond donors (Lipinski definition) is 1. The van der Waals surface area contributed by atoms with Gasteiger partial charge in [-0.1, -0.05) is 0 Å². The molecule has 2 aromatic rings. The van der Waals surface area contributed by atoms with Crippen molar-refractivity contribution in [2.24, 2.45) is 0 Å². The molecule has 1 fully saturated rings. The SMILES string of the molecule is COC(=O)N1CCN2C(=O)c3c(ccc4[nH]cnc34)OCC2C1. The van der Waals surface area contributed by atoms with Crippen LogP contribution in [0.25, 0.3) is 11.0 Å². The predicted molar refractivity (Wildman–Crippen MR) is 80.4 cm³/mol. The third kappa shape index (κ3) is 2.09. The predicted octanol–water partition coefficient (Wildman–Crippen LogP) is 0.848. The summed E-state index contributed by atoms with van der Waals surface area (Å²) in [6, 6.07) is 3.43. The molecule has 0 aliphatic carbocycles. The molecule has 1 saturated heterocycles. The Morgan fingerprint density at radius 1 is 1.43 bits per heavy atom. The van der Waals surface area contributed by atoms with E-state index in [0.717, 1.165) is 5.52 Å². The Morgan fingerprint density at radius 2 is 2.30 bits per heavy atom. The number of carbonyl (C=O) groups excluding carboxylic acids is 2. The number of ether oxygens (including phenoxy) is 2. The van der Waals surface area contributed by atoms with Crippen LogP contribution in [0.3, 0.4) is 0 Å². The average Bonchev–Trinajstić information content (AvgIpc) is 3.01. The van der Waals surface area contributed by atoms with Gasteiger partial charge in [-0.2, -0.15) is 0 Å². The van der Waals surface area contributed by atoms with E-state index >= 15 is 0 Å². The summed E-state index contributed by atoms with van der Waals surface area (Å²) in [6.45, 7) is 1.63. The van der Waals surface area contributed by atoms with E-state index in [1.807, 2.05) is 6.07 Å². The third-order valence-electron chi connectivity index (χ3n) is 4.37. The minimum atomic E-state index is -0.381. The van der Waals surface area contributed by atoms with Crippen LogP contribution >= 0.6 is 0 Å². The second-order valence-corrected chi connectivity index (χ2v) is 5.62. The first-order valence-electron chi connectivity index (χ1n) is 7.42. The van der Waals surface area contributed by atoms with Crippen LogP contribution in [-0.4, -0.2) is 71.2 Å². The maximum Gasteiger partial charge on any atom is 0.409 e. The third-order valence-corrected chi connectivity index (χ3v) is 4.37. The van der Waals surface area contributed by atoms with Crippen molar-refractivity contribution in [3.63, 3.8) is 0 Å². The number of hydrogen-bond acceptors (Lipinski definition) is 5. The number of imidazole rings is 1. The van der Waals surface area contributed by atoms with Crippen molar-refractivity contribution in [3.05, 3.63) is 24.0 Å². The Bertz CT molecular complexity index is 787. The molecule has 8 heteroatoms. The molecule has 23 heavy (non-hydrogen) atoms. The van der Waals surface area contributed by atoms with Crippen LogP contribution < -0.4 is 4.74 Å². The Hall–Kier alpha value is -2.77. The molecule has 8 nitrogen and oxygen atoms in total. The number of aromatic nitrogens is 2. The number of nitrogens with zero attached hydrogens (tertiary/aromatic N) is 3. The van der Waals surface area contributed by atoms with Crippen molar-refractivity contribution in [1.82, 2.24) is 19.8 Å². The highest BCUT2D eigenvalue weighted by molar-refractivity contribution is 6.07. The summed E-state index contributed by atoms with van der Waals surface area (Å²) in [5.74, 6) is 0.429. The molecule has 1 N–H and O–H groups in total. The summed E-state index contributed by atoms with van der Waals surface area (Å²) >= 11 is 0. The van der Waals surface area contributed by atoms with Gasteiger partial charge in [0.25, 0.3) is 5.91 Å². The van der Waals surface area contributed by atoms with E-state index in [4.69, 9.17) is 9.47 Å². The van der Waals surface area contributed by atoms with Gasteiger partial charge in [0.15, 0.2) is 0 Å². The summed E-state index contributed by atoms with van der Waals surface area (Å²) in [7, 11) is 1.35. The molecule has 120 valence electrons. The lowest BCUT2D eigenvalue weighted by Gasteiger charge is -2.39. The van der Waals surface area contributed by atoms with Crippen molar-refractivity contribution in [2.45, 2.75) is 6.04 Å². The second-order valence-electron chi connectivity index (χ2n) is 5.62. The zero-order valence-corrected chi connectivity index (χ0v) is 12.6. The van der Waals surface area contributed by atoms with Crippen LogP contribution in [0.15, 0.2) is 18.5 Å². The van der Waals surface area contributed by atoms with E-state index in [9.17, 15) is 9.59 Å². The molecule has 2 aliphatic rings. The molecule has 1 aromatic heterocycles. The topological polar surface area (TPSA) is 87.8 Å². The molecule has 0 saturated carbocycles. The molecule has 1 aromatic carbocycles. The van der Waals surface area contributed by atoms with Crippen LogP contribution in [0.2, 0.25) is 0 Å². The van der Waals surface area contributed by atoms with Crippen molar-refractivity contribution in [2.75, 3.05) is 33.4 Å². The monoisotopic (exact) mass is 316 g/mol.